The van der Waals surface area contributed by atoms with E-state index in [9.17, 15) is 9.59 Å². The Morgan fingerprint density at radius 1 is 1.08 bits per heavy atom. The first-order valence-electron chi connectivity index (χ1n) is 13.4. The molecule has 36 heavy (non-hydrogen) atoms. The van der Waals surface area contributed by atoms with Crippen LogP contribution < -0.4 is 15.5 Å². The summed E-state index contributed by atoms with van der Waals surface area (Å²) in [5.41, 5.74) is 2.65. The zero-order valence-corrected chi connectivity index (χ0v) is 22.5. The molecule has 1 aliphatic heterocycles. The van der Waals surface area contributed by atoms with Crippen molar-refractivity contribution in [2.24, 2.45) is 5.41 Å². The third-order valence-electron chi connectivity index (χ3n) is 7.59. The molecule has 1 saturated heterocycles. The summed E-state index contributed by atoms with van der Waals surface area (Å²) in [5.74, 6) is -0.211. The molecular formula is C30H42N4O2. The molecule has 194 valence electrons. The van der Waals surface area contributed by atoms with Crippen LogP contribution in [0.3, 0.4) is 0 Å². The number of rotatable bonds is 6. The number of pyridine rings is 1. The number of hydrogen-bond donors (Lipinski definition) is 2. The van der Waals surface area contributed by atoms with Crippen LogP contribution in [0.1, 0.15) is 90.3 Å². The minimum Gasteiger partial charge on any atom is -0.351 e. The number of amides is 2. The van der Waals surface area contributed by atoms with Gasteiger partial charge in [-0.2, -0.15) is 0 Å². The van der Waals surface area contributed by atoms with Crippen molar-refractivity contribution in [3.8, 4) is 0 Å². The fraction of sp³-hybridized carbons (Fsp3) is 0.567. The van der Waals surface area contributed by atoms with E-state index in [0.717, 1.165) is 49.9 Å². The van der Waals surface area contributed by atoms with Crippen LogP contribution in [0.25, 0.3) is 0 Å². The summed E-state index contributed by atoms with van der Waals surface area (Å²) < 4.78 is 0. The summed E-state index contributed by atoms with van der Waals surface area (Å²) >= 11 is 0. The van der Waals surface area contributed by atoms with Crippen molar-refractivity contribution in [1.82, 2.24) is 15.6 Å². The van der Waals surface area contributed by atoms with Gasteiger partial charge in [0.25, 0.3) is 0 Å². The SMILES string of the molecule is CC1(C)CN[C@@H](C(=O)N(c2ccc(C(C)(C)C)cc2)C(C(=O)NC2CCCCC2)c2cccnc2)C1. The highest BCUT2D eigenvalue weighted by Crippen LogP contribution is 2.35. The number of anilines is 1. The number of aromatic nitrogens is 1. The van der Waals surface area contributed by atoms with Gasteiger partial charge in [-0.05, 0) is 53.9 Å². The lowest BCUT2D eigenvalue weighted by atomic mass is 9.87. The Labute approximate surface area is 216 Å². The minimum atomic E-state index is -0.792. The summed E-state index contributed by atoms with van der Waals surface area (Å²) in [7, 11) is 0. The van der Waals surface area contributed by atoms with E-state index in [1.165, 1.54) is 12.0 Å². The highest BCUT2D eigenvalue weighted by molar-refractivity contribution is 6.04. The van der Waals surface area contributed by atoms with Crippen molar-refractivity contribution >= 4 is 17.5 Å². The molecule has 0 radical (unpaired) electrons. The lowest BCUT2D eigenvalue weighted by molar-refractivity contribution is -0.128. The molecule has 2 aliphatic rings. The number of carbonyl (C=O) groups is 2. The Morgan fingerprint density at radius 3 is 2.33 bits per heavy atom. The van der Waals surface area contributed by atoms with Gasteiger partial charge in [0.1, 0.15) is 6.04 Å². The highest BCUT2D eigenvalue weighted by atomic mass is 16.2. The maximum Gasteiger partial charge on any atom is 0.248 e. The molecule has 2 N–H and O–H groups in total. The molecule has 2 fully saturated rings. The molecule has 2 atom stereocenters. The molecule has 0 bridgehead atoms. The summed E-state index contributed by atoms with van der Waals surface area (Å²) in [5, 5.41) is 6.70. The van der Waals surface area contributed by atoms with Gasteiger partial charge in [0, 0.05) is 36.2 Å². The van der Waals surface area contributed by atoms with Gasteiger partial charge in [-0.3, -0.25) is 19.5 Å². The van der Waals surface area contributed by atoms with E-state index in [-0.39, 0.29) is 34.7 Å². The molecule has 1 aliphatic carbocycles. The van der Waals surface area contributed by atoms with Crippen molar-refractivity contribution in [2.75, 3.05) is 11.4 Å². The van der Waals surface area contributed by atoms with Gasteiger partial charge in [0.2, 0.25) is 11.8 Å². The van der Waals surface area contributed by atoms with Gasteiger partial charge in [-0.1, -0.05) is 72.1 Å². The normalized spacial score (nSPS) is 21.1. The zero-order chi connectivity index (χ0) is 25.9. The monoisotopic (exact) mass is 490 g/mol. The molecule has 2 heterocycles. The van der Waals surface area contributed by atoms with E-state index >= 15 is 0 Å². The second-order valence-electron chi connectivity index (χ2n) is 12.3. The van der Waals surface area contributed by atoms with Crippen molar-refractivity contribution in [3.05, 3.63) is 59.9 Å². The third-order valence-corrected chi connectivity index (χ3v) is 7.59. The highest BCUT2D eigenvalue weighted by Gasteiger charge is 2.41. The summed E-state index contributed by atoms with van der Waals surface area (Å²) in [4.78, 5) is 34.1. The first-order valence-corrected chi connectivity index (χ1v) is 13.4. The van der Waals surface area contributed by atoms with Crippen molar-refractivity contribution in [2.45, 2.75) is 96.7 Å². The second-order valence-corrected chi connectivity index (χ2v) is 12.3. The second kappa shape index (κ2) is 10.7. The predicted molar refractivity (Wildman–Crippen MR) is 145 cm³/mol. The first kappa shape index (κ1) is 26.3. The van der Waals surface area contributed by atoms with Crippen LogP contribution in [0.15, 0.2) is 48.8 Å². The van der Waals surface area contributed by atoms with Crippen LogP contribution in [0, 0.1) is 5.41 Å². The summed E-state index contributed by atoms with van der Waals surface area (Å²) in [6.07, 6.45) is 9.57. The van der Waals surface area contributed by atoms with Crippen LogP contribution in [0.4, 0.5) is 5.69 Å². The summed E-state index contributed by atoms with van der Waals surface area (Å²) in [6.45, 7) is 11.6. The zero-order valence-electron chi connectivity index (χ0n) is 22.5. The maximum absolute atomic E-state index is 14.2. The first-order chi connectivity index (χ1) is 17.0. The van der Waals surface area contributed by atoms with Crippen molar-refractivity contribution in [3.63, 3.8) is 0 Å². The molecular weight excluding hydrogens is 448 g/mol. The Kier molecular flexibility index (Phi) is 7.84. The lowest BCUT2D eigenvalue weighted by Gasteiger charge is -2.35. The molecule has 1 aromatic heterocycles. The molecule has 6 heteroatoms. The number of hydrogen-bond acceptors (Lipinski definition) is 4. The van der Waals surface area contributed by atoms with Gasteiger partial charge in [0.05, 0.1) is 6.04 Å². The largest absolute Gasteiger partial charge is 0.351 e. The van der Waals surface area contributed by atoms with Crippen LogP contribution in [-0.4, -0.2) is 35.4 Å². The Hall–Kier alpha value is -2.73. The van der Waals surface area contributed by atoms with Crippen LogP contribution in [-0.2, 0) is 15.0 Å². The van der Waals surface area contributed by atoms with Crippen LogP contribution in [0.2, 0.25) is 0 Å². The van der Waals surface area contributed by atoms with Crippen LogP contribution in [0.5, 0.6) is 0 Å². The Balaban J connectivity index is 1.75. The van der Waals surface area contributed by atoms with E-state index in [1.54, 1.807) is 17.3 Å². The average molecular weight is 491 g/mol. The number of carbonyl (C=O) groups excluding carboxylic acids is 2. The average Bonchev–Trinajstić information content (AvgIpc) is 3.22. The maximum atomic E-state index is 14.2. The van der Waals surface area contributed by atoms with E-state index in [1.807, 2.05) is 24.3 Å². The third kappa shape index (κ3) is 6.15. The van der Waals surface area contributed by atoms with Gasteiger partial charge in [-0.15, -0.1) is 0 Å². The molecule has 2 amide bonds. The van der Waals surface area contributed by atoms with Gasteiger partial charge < -0.3 is 10.6 Å². The van der Waals surface area contributed by atoms with Gasteiger partial charge in [0.15, 0.2) is 0 Å². The Bertz CT molecular complexity index is 1040. The molecule has 4 rings (SSSR count). The van der Waals surface area contributed by atoms with E-state index in [2.05, 4.69) is 62.4 Å². The predicted octanol–water partition coefficient (Wildman–Crippen LogP) is 5.29. The number of benzene rings is 1. The lowest BCUT2D eigenvalue weighted by Crippen LogP contribution is -2.51. The van der Waals surface area contributed by atoms with Crippen molar-refractivity contribution < 1.29 is 9.59 Å². The minimum absolute atomic E-state index is 0.00842. The van der Waals surface area contributed by atoms with E-state index < -0.39 is 6.04 Å². The number of nitrogens with zero attached hydrogens (tertiary/aromatic N) is 2. The fourth-order valence-corrected chi connectivity index (χ4v) is 5.45. The molecule has 1 aromatic carbocycles. The molecule has 1 saturated carbocycles. The summed E-state index contributed by atoms with van der Waals surface area (Å²) in [6, 6.07) is 10.8. The molecule has 1 unspecified atom stereocenters. The molecule has 2 aromatic rings. The number of nitrogens with one attached hydrogen (secondary N) is 2. The standard InChI is InChI=1S/C30H42N4O2/c1-29(2,3)22-13-15-24(16-14-22)34(28(36)25-18-30(4,5)20-32-25)26(21-10-9-17-31-19-21)27(35)33-23-11-7-6-8-12-23/h9-10,13-17,19,23,25-26,32H,6-8,11-12,18,20H2,1-5H3,(H,33,35)/t25-,26?/m1/s1. The van der Waals surface area contributed by atoms with E-state index in [4.69, 9.17) is 0 Å². The van der Waals surface area contributed by atoms with E-state index in [0.29, 0.717) is 0 Å². The van der Waals surface area contributed by atoms with Crippen molar-refractivity contribution in [1.29, 1.82) is 0 Å². The molecule has 0 spiro atoms. The smallest absolute Gasteiger partial charge is 0.248 e. The topological polar surface area (TPSA) is 74.3 Å². The fourth-order valence-electron chi connectivity index (χ4n) is 5.45. The Morgan fingerprint density at radius 2 is 1.78 bits per heavy atom. The van der Waals surface area contributed by atoms with Crippen LogP contribution >= 0.6 is 0 Å². The van der Waals surface area contributed by atoms with Gasteiger partial charge >= 0.3 is 0 Å². The van der Waals surface area contributed by atoms with Gasteiger partial charge in [-0.25, -0.2) is 0 Å². The quantitative estimate of drug-likeness (QED) is 0.577. The molecule has 6 nitrogen and oxygen atoms in total.